The molecule has 1 N–H and O–H groups in total. The second kappa shape index (κ2) is 6.75. The average Bonchev–Trinajstić information content (AvgIpc) is 2.54. The maximum Gasteiger partial charge on any atom is 0.321 e. The quantitative estimate of drug-likeness (QED) is 0.843. The molecule has 0 aromatic heterocycles. The summed E-state index contributed by atoms with van der Waals surface area (Å²) in [5, 5.41) is 11.6. The zero-order valence-corrected chi connectivity index (χ0v) is 11.8. The molecule has 1 aliphatic heterocycles. The number of amides is 2. The SMILES string of the molecule is COC(=O)C1CCN(C(=O)Nc2cccc(C#N)c2)CC1. The second-order valence-corrected chi connectivity index (χ2v) is 4.91. The Kier molecular flexibility index (Phi) is 4.77. The monoisotopic (exact) mass is 287 g/mol. The van der Waals surface area contributed by atoms with Gasteiger partial charge in [-0.05, 0) is 31.0 Å². The molecule has 0 spiro atoms. The van der Waals surface area contributed by atoms with Crippen molar-refractivity contribution < 1.29 is 14.3 Å². The Morgan fingerprint density at radius 3 is 2.71 bits per heavy atom. The third-order valence-electron chi connectivity index (χ3n) is 3.56. The van der Waals surface area contributed by atoms with E-state index in [4.69, 9.17) is 10.00 Å². The van der Waals surface area contributed by atoms with E-state index < -0.39 is 0 Å². The molecule has 6 nitrogen and oxygen atoms in total. The second-order valence-electron chi connectivity index (χ2n) is 4.91. The fourth-order valence-corrected chi connectivity index (χ4v) is 2.35. The lowest BCUT2D eigenvalue weighted by Crippen LogP contribution is -2.42. The summed E-state index contributed by atoms with van der Waals surface area (Å²) >= 11 is 0. The molecule has 1 heterocycles. The van der Waals surface area contributed by atoms with Gasteiger partial charge in [0.1, 0.15) is 0 Å². The van der Waals surface area contributed by atoms with Gasteiger partial charge in [0.25, 0.3) is 0 Å². The van der Waals surface area contributed by atoms with Crippen molar-refractivity contribution in [3.8, 4) is 6.07 Å². The normalized spacial score (nSPS) is 15.1. The van der Waals surface area contributed by atoms with E-state index in [1.807, 2.05) is 6.07 Å². The van der Waals surface area contributed by atoms with Crippen LogP contribution in [0, 0.1) is 17.2 Å². The van der Waals surface area contributed by atoms with Gasteiger partial charge in [-0.2, -0.15) is 5.26 Å². The smallest absolute Gasteiger partial charge is 0.321 e. The van der Waals surface area contributed by atoms with Crippen molar-refractivity contribution >= 4 is 17.7 Å². The van der Waals surface area contributed by atoms with E-state index in [0.29, 0.717) is 37.2 Å². The number of carbonyl (C=O) groups is 2. The molecular formula is C15H17N3O3. The number of rotatable bonds is 2. The lowest BCUT2D eigenvalue weighted by atomic mass is 9.97. The Balaban J connectivity index is 1.90. The predicted molar refractivity (Wildman–Crippen MR) is 76.5 cm³/mol. The van der Waals surface area contributed by atoms with Crippen LogP contribution in [-0.2, 0) is 9.53 Å². The lowest BCUT2D eigenvalue weighted by Gasteiger charge is -2.30. The molecule has 1 saturated heterocycles. The largest absolute Gasteiger partial charge is 0.469 e. The van der Waals surface area contributed by atoms with Crippen LogP contribution in [-0.4, -0.2) is 37.1 Å². The highest BCUT2D eigenvalue weighted by Gasteiger charge is 2.27. The minimum absolute atomic E-state index is 0.124. The standard InChI is InChI=1S/C15H17N3O3/c1-21-14(19)12-5-7-18(8-6-12)15(20)17-13-4-2-3-11(9-13)10-16/h2-4,9,12H,5-8H2,1H3,(H,17,20). The number of esters is 1. The number of likely N-dealkylation sites (tertiary alicyclic amines) is 1. The number of methoxy groups -OCH3 is 1. The summed E-state index contributed by atoms with van der Waals surface area (Å²) in [6.07, 6.45) is 1.22. The molecule has 2 amide bonds. The van der Waals surface area contributed by atoms with E-state index in [9.17, 15) is 9.59 Å². The first-order valence-electron chi connectivity index (χ1n) is 6.78. The fraction of sp³-hybridized carbons (Fsp3) is 0.400. The van der Waals surface area contributed by atoms with Crippen molar-refractivity contribution in [3.05, 3.63) is 29.8 Å². The van der Waals surface area contributed by atoms with E-state index in [2.05, 4.69) is 5.32 Å². The number of hydrogen-bond donors (Lipinski definition) is 1. The van der Waals surface area contributed by atoms with Crippen LogP contribution in [0.1, 0.15) is 18.4 Å². The van der Waals surface area contributed by atoms with Gasteiger partial charge in [-0.25, -0.2) is 4.79 Å². The van der Waals surface area contributed by atoms with Gasteiger partial charge < -0.3 is 15.0 Å². The van der Waals surface area contributed by atoms with Gasteiger partial charge in [0.05, 0.1) is 24.7 Å². The molecule has 1 aromatic carbocycles. The van der Waals surface area contributed by atoms with Crippen molar-refractivity contribution in [2.45, 2.75) is 12.8 Å². The highest BCUT2D eigenvalue weighted by Crippen LogP contribution is 2.19. The minimum Gasteiger partial charge on any atom is -0.469 e. The molecule has 0 unspecified atom stereocenters. The average molecular weight is 287 g/mol. The molecule has 0 saturated carbocycles. The van der Waals surface area contributed by atoms with Crippen LogP contribution in [0.5, 0.6) is 0 Å². The number of piperidine rings is 1. The Bertz CT molecular complexity index is 572. The zero-order valence-electron chi connectivity index (χ0n) is 11.8. The molecule has 1 fully saturated rings. The maximum absolute atomic E-state index is 12.1. The molecule has 0 atom stereocenters. The van der Waals surface area contributed by atoms with Crippen molar-refractivity contribution in [2.75, 3.05) is 25.5 Å². The first-order valence-corrected chi connectivity index (χ1v) is 6.78. The van der Waals surface area contributed by atoms with Gasteiger partial charge >= 0.3 is 12.0 Å². The number of nitriles is 1. The summed E-state index contributed by atoms with van der Waals surface area (Å²) in [4.78, 5) is 25.2. The van der Waals surface area contributed by atoms with Gasteiger partial charge in [-0.3, -0.25) is 4.79 Å². The third kappa shape index (κ3) is 3.72. The first kappa shape index (κ1) is 14.9. The van der Waals surface area contributed by atoms with E-state index in [0.717, 1.165) is 0 Å². The van der Waals surface area contributed by atoms with Crippen molar-refractivity contribution in [3.63, 3.8) is 0 Å². The molecule has 21 heavy (non-hydrogen) atoms. The van der Waals surface area contributed by atoms with Gasteiger partial charge in [-0.1, -0.05) is 6.07 Å². The van der Waals surface area contributed by atoms with Crippen LogP contribution in [0.15, 0.2) is 24.3 Å². The number of urea groups is 1. The predicted octanol–water partition coefficient (Wildman–Crippen LogP) is 1.98. The maximum atomic E-state index is 12.1. The lowest BCUT2D eigenvalue weighted by molar-refractivity contribution is -0.146. The first-order chi connectivity index (χ1) is 10.1. The molecule has 0 aliphatic carbocycles. The summed E-state index contributed by atoms with van der Waals surface area (Å²) in [7, 11) is 1.38. The molecule has 2 rings (SSSR count). The van der Waals surface area contributed by atoms with Crippen LogP contribution in [0.2, 0.25) is 0 Å². The van der Waals surface area contributed by atoms with Gasteiger partial charge in [0.15, 0.2) is 0 Å². The highest BCUT2D eigenvalue weighted by molar-refractivity contribution is 5.89. The summed E-state index contributed by atoms with van der Waals surface area (Å²) in [5.74, 6) is -0.335. The van der Waals surface area contributed by atoms with E-state index >= 15 is 0 Å². The topological polar surface area (TPSA) is 82.4 Å². The van der Waals surface area contributed by atoms with Gasteiger partial charge in [-0.15, -0.1) is 0 Å². The van der Waals surface area contributed by atoms with Crippen LogP contribution in [0.4, 0.5) is 10.5 Å². The van der Waals surface area contributed by atoms with Crippen LogP contribution in [0.3, 0.4) is 0 Å². The van der Waals surface area contributed by atoms with Gasteiger partial charge in [0.2, 0.25) is 0 Å². The van der Waals surface area contributed by atoms with Crippen molar-refractivity contribution in [1.82, 2.24) is 4.90 Å². The molecule has 0 radical (unpaired) electrons. The summed E-state index contributed by atoms with van der Waals surface area (Å²) in [6, 6.07) is 8.57. The number of ether oxygens (including phenoxy) is 1. The molecule has 1 aromatic rings. The molecule has 1 aliphatic rings. The van der Waals surface area contributed by atoms with Crippen molar-refractivity contribution in [2.24, 2.45) is 5.92 Å². The number of hydrogen-bond acceptors (Lipinski definition) is 4. The van der Waals surface area contributed by atoms with Crippen molar-refractivity contribution in [1.29, 1.82) is 5.26 Å². The Morgan fingerprint density at radius 1 is 1.38 bits per heavy atom. The Morgan fingerprint density at radius 2 is 2.10 bits per heavy atom. The molecule has 0 bridgehead atoms. The Hall–Kier alpha value is -2.55. The Labute approximate surface area is 123 Å². The van der Waals surface area contributed by atoms with Crippen LogP contribution >= 0.6 is 0 Å². The molecular weight excluding hydrogens is 270 g/mol. The zero-order chi connectivity index (χ0) is 15.2. The minimum atomic E-state index is -0.214. The van der Waals surface area contributed by atoms with E-state index in [-0.39, 0.29) is 17.9 Å². The van der Waals surface area contributed by atoms with Crippen LogP contribution < -0.4 is 5.32 Å². The number of nitrogens with zero attached hydrogens (tertiary/aromatic N) is 2. The van der Waals surface area contributed by atoms with Crippen LogP contribution in [0.25, 0.3) is 0 Å². The molecule has 6 heteroatoms. The van der Waals surface area contributed by atoms with E-state index in [1.54, 1.807) is 29.2 Å². The summed E-state index contributed by atoms with van der Waals surface area (Å²) < 4.78 is 4.72. The summed E-state index contributed by atoms with van der Waals surface area (Å²) in [5.41, 5.74) is 1.09. The third-order valence-corrected chi connectivity index (χ3v) is 3.56. The van der Waals surface area contributed by atoms with Gasteiger partial charge in [0, 0.05) is 18.8 Å². The summed E-state index contributed by atoms with van der Waals surface area (Å²) in [6.45, 7) is 1.03. The number of benzene rings is 1. The number of nitrogens with one attached hydrogen (secondary N) is 1. The number of anilines is 1. The number of carbonyl (C=O) groups excluding carboxylic acids is 2. The highest BCUT2D eigenvalue weighted by atomic mass is 16.5. The van der Waals surface area contributed by atoms with E-state index in [1.165, 1.54) is 7.11 Å². The fourth-order valence-electron chi connectivity index (χ4n) is 2.35. The molecule has 110 valence electrons.